The van der Waals surface area contributed by atoms with Gasteiger partial charge in [0.25, 0.3) is 0 Å². The quantitative estimate of drug-likeness (QED) is 0.182. The van der Waals surface area contributed by atoms with Gasteiger partial charge in [-0.1, -0.05) is 139 Å². The lowest BCUT2D eigenvalue weighted by molar-refractivity contribution is 0.673. The first-order valence-corrected chi connectivity index (χ1v) is 14.9. The van der Waals surface area contributed by atoms with Crippen molar-refractivity contribution in [2.45, 2.75) is 0 Å². The van der Waals surface area contributed by atoms with Gasteiger partial charge in [0.1, 0.15) is 11.2 Å². The Morgan fingerprint density at radius 3 is 1.73 bits per heavy atom. The second-order valence-electron chi connectivity index (χ2n) is 10.8. The van der Waals surface area contributed by atoms with Gasteiger partial charge in [-0.3, -0.25) is 0 Å². The summed E-state index contributed by atoms with van der Waals surface area (Å²) in [6, 6.07) is 9.36. The fraction of sp³-hybridized carbons (Fsp3) is 0. The van der Waals surface area contributed by atoms with E-state index in [0.717, 1.165) is 32.0 Å². The van der Waals surface area contributed by atoms with Gasteiger partial charge in [-0.2, -0.15) is 0 Å². The molecule has 8 aromatic carbocycles. The first-order valence-electron chi connectivity index (χ1n) is 23.9. The summed E-state index contributed by atoms with van der Waals surface area (Å²) in [6.07, 6.45) is 0. The van der Waals surface area contributed by atoms with Crippen molar-refractivity contribution in [3.8, 4) is 33.4 Å². The van der Waals surface area contributed by atoms with Crippen LogP contribution in [0.1, 0.15) is 24.7 Å². The molecule has 1 aromatic heterocycles. The van der Waals surface area contributed by atoms with Gasteiger partial charge < -0.3 is 9.32 Å². The van der Waals surface area contributed by atoms with Crippen LogP contribution in [0.3, 0.4) is 0 Å². The summed E-state index contributed by atoms with van der Waals surface area (Å²) in [7, 11) is 0. The van der Waals surface area contributed by atoms with Gasteiger partial charge in [-0.25, -0.2) is 0 Å². The first kappa shape index (κ1) is 15.0. The second-order valence-corrected chi connectivity index (χ2v) is 10.8. The van der Waals surface area contributed by atoms with Crippen molar-refractivity contribution < 1.29 is 29.1 Å². The molecule has 0 radical (unpaired) electrons. The highest BCUT2D eigenvalue weighted by Gasteiger charge is 2.16. The Kier molecular flexibility index (Phi) is 3.68. The number of furan rings is 1. The van der Waals surface area contributed by atoms with E-state index in [1.165, 1.54) is 12.1 Å². The third-order valence-electron chi connectivity index (χ3n) is 7.99. The van der Waals surface area contributed by atoms with Crippen molar-refractivity contribution >= 4 is 49.8 Å². The van der Waals surface area contributed by atoms with E-state index in [1.54, 1.807) is 12.1 Å². The van der Waals surface area contributed by atoms with E-state index >= 15 is 0 Å². The average Bonchev–Trinajstić information content (AvgIpc) is 3.71. The van der Waals surface area contributed by atoms with E-state index in [1.807, 2.05) is 54.6 Å². The molecule has 0 amide bonds. The molecule has 2 nitrogen and oxygen atoms in total. The number of rotatable bonds is 6. The third-order valence-corrected chi connectivity index (χ3v) is 7.99. The molecule has 0 bridgehead atoms. The molecule has 0 saturated heterocycles. The summed E-state index contributed by atoms with van der Waals surface area (Å²) < 4.78 is 163. The van der Waals surface area contributed by atoms with Crippen molar-refractivity contribution in [1.82, 2.24) is 0 Å². The Balaban J connectivity index is 1.25. The van der Waals surface area contributed by atoms with Gasteiger partial charge in [0.15, 0.2) is 0 Å². The maximum absolute atomic E-state index is 9.35. The van der Waals surface area contributed by atoms with Crippen LogP contribution in [0.5, 0.6) is 0 Å². The maximum Gasteiger partial charge on any atom is 0.143 e. The van der Waals surface area contributed by atoms with Crippen LogP contribution in [0.15, 0.2) is 192 Å². The van der Waals surface area contributed by atoms with Crippen LogP contribution in [0, 0.1) is 0 Å². The van der Waals surface area contributed by atoms with Crippen LogP contribution >= 0.6 is 0 Å². The molecule has 9 rings (SSSR count). The lowest BCUT2D eigenvalue weighted by atomic mass is 9.98. The van der Waals surface area contributed by atoms with Gasteiger partial charge in [0, 0.05) is 33.2 Å². The summed E-state index contributed by atoms with van der Waals surface area (Å²) in [5.74, 6) is 0. The molecule has 9 aromatic rings. The summed E-state index contributed by atoms with van der Waals surface area (Å²) in [5.41, 5.74) is -0.858. The number of hydrogen-bond acceptors (Lipinski definition) is 2. The zero-order chi connectivity index (χ0) is 47.5. The molecule has 0 N–H and O–H groups in total. The highest BCUT2D eigenvalue weighted by atomic mass is 16.3. The molecule has 2 heteroatoms. The zero-order valence-corrected chi connectivity index (χ0v) is 24.9. The Hall–Kier alpha value is -6.38. The lowest BCUT2D eigenvalue weighted by Crippen LogP contribution is -2.09. The molecule has 0 aliphatic carbocycles. The summed E-state index contributed by atoms with van der Waals surface area (Å²) in [6.45, 7) is 0. The second kappa shape index (κ2) is 11.8. The van der Waals surface area contributed by atoms with Crippen molar-refractivity contribution in [3.05, 3.63) is 188 Å². The van der Waals surface area contributed by atoms with Gasteiger partial charge >= 0.3 is 0 Å². The van der Waals surface area contributed by atoms with Crippen LogP contribution < -0.4 is 4.90 Å². The van der Waals surface area contributed by atoms with Crippen LogP contribution in [-0.2, 0) is 0 Å². The van der Waals surface area contributed by atoms with Crippen LogP contribution in [0.4, 0.5) is 17.1 Å². The summed E-state index contributed by atoms with van der Waals surface area (Å²) in [5, 5.41) is 3.60. The van der Waals surface area contributed by atoms with Gasteiger partial charge in [0.05, 0.1) is 24.7 Å². The summed E-state index contributed by atoms with van der Waals surface area (Å²) >= 11 is 0. The summed E-state index contributed by atoms with van der Waals surface area (Å²) in [4.78, 5) is 1.02. The Morgan fingerprint density at radius 1 is 0.417 bits per heavy atom. The SMILES string of the molecule is [2H]c1c([2H])c([2H])c(-c2c([2H])c([2H])c(-c3c([2H])c([2H])c(N(c4ccc(-c5cccc6oc7c8ccccc8ccc7c56)cc4)c4c([2H])c([2H])c([2H])c([2H])c4[2H])c([2H])c3[2H])c([2H])c2[2H])c([2H])c1[2H]. The Labute approximate surface area is 305 Å². The Morgan fingerprint density at radius 2 is 1.02 bits per heavy atom. The largest absolute Gasteiger partial charge is 0.455 e. The van der Waals surface area contributed by atoms with E-state index < -0.39 is 142 Å². The van der Waals surface area contributed by atoms with E-state index in [0.29, 0.717) is 16.7 Å². The van der Waals surface area contributed by atoms with E-state index in [-0.39, 0.29) is 5.69 Å². The molecule has 0 aliphatic rings. The first-order chi connectivity index (χ1) is 31.3. The minimum Gasteiger partial charge on any atom is -0.455 e. The lowest BCUT2D eigenvalue weighted by Gasteiger charge is -2.26. The Bertz CT molecular complexity index is 3470. The fourth-order valence-corrected chi connectivity index (χ4v) is 5.79. The van der Waals surface area contributed by atoms with Gasteiger partial charge in [-0.05, 0) is 87.2 Å². The van der Waals surface area contributed by atoms with Crippen LogP contribution in [-0.4, -0.2) is 0 Å². The molecule has 0 unspecified atom stereocenters. The molecule has 1 heterocycles. The smallest absolute Gasteiger partial charge is 0.143 e. The maximum atomic E-state index is 9.35. The highest BCUT2D eigenvalue weighted by molar-refractivity contribution is 6.19. The van der Waals surface area contributed by atoms with Gasteiger partial charge in [0.2, 0.25) is 0 Å². The van der Waals surface area contributed by atoms with Crippen LogP contribution in [0.2, 0.25) is 0 Å². The topological polar surface area (TPSA) is 16.4 Å². The minimum absolute atomic E-state index is 0.0632. The molecule has 48 heavy (non-hydrogen) atoms. The number of nitrogens with zero attached hydrogens (tertiary/aromatic N) is 1. The molecule has 0 atom stereocenters. The normalized spacial score (nSPS) is 16.6. The fourth-order valence-electron chi connectivity index (χ4n) is 5.79. The van der Waals surface area contributed by atoms with Gasteiger partial charge in [-0.15, -0.1) is 0 Å². The number of benzene rings is 8. The average molecular weight is 632 g/mol. The highest BCUT2D eigenvalue weighted by Crippen LogP contribution is 2.41. The van der Waals surface area contributed by atoms with E-state index in [4.69, 9.17) is 23.6 Å². The molecular formula is C46H31NO. The molecule has 0 aliphatic heterocycles. The zero-order valence-electron chi connectivity index (χ0n) is 42.9. The number of anilines is 3. The number of hydrogen-bond donors (Lipinski definition) is 0. The van der Waals surface area contributed by atoms with Crippen LogP contribution in [0.25, 0.3) is 66.1 Å². The molecular weight excluding hydrogens is 583 g/mol. The predicted molar refractivity (Wildman–Crippen MR) is 202 cm³/mol. The van der Waals surface area contributed by atoms with E-state index in [9.17, 15) is 5.48 Å². The molecule has 0 fully saturated rings. The molecule has 226 valence electrons. The third kappa shape index (κ3) is 4.92. The van der Waals surface area contributed by atoms with Crippen molar-refractivity contribution in [2.24, 2.45) is 0 Å². The minimum atomic E-state index is -0.891. The number of para-hydroxylation sites is 1. The monoisotopic (exact) mass is 631 g/mol. The van der Waals surface area contributed by atoms with E-state index in [2.05, 4.69) is 0 Å². The molecule has 0 spiro atoms. The van der Waals surface area contributed by atoms with Crippen molar-refractivity contribution in [1.29, 1.82) is 0 Å². The molecule has 0 saturated carbocycles. The standard InChI is InChI=1S/C46H31NO/c1-3-10-32(11-4-1)33-18-20-34(21-19-33)35-22-27-39(28-23-35)47(38-13-5-2-6-14-38)40-29-24-37(25-30-40)41-16-9-17-44-45(41)43-31-26-36-12-7-8-15-42(36)46(43)48-44/h1-31H/i1D,2D,3D,4D,5D,6D,10D,11D,13D,14D,18D,19D,20D,21D,22D,23D,27D,28D. The predicted octanol–water partition coefficient (Wildman–Crippen LogP) is 13.2. The van der Waals surface area contributed by atoms with Crippen molar-refractivity contribution in [2.75, 3.05) is 4.90 Å². The van der Waals surface area contributed by atoms with Crippen molar-refractivity contribution in [3.63, 3.8) is 0 Å². The number of fused-ring (bicyclic) bond motifs is 5.